The number of amides is 1. The van der Waals surface area contributed by atoms with Crippen LogP contribution in [0.5, 0.6) is 0 Å². The van der Waals surface area contributed by atoms with Gasteiger partial charge in [0.05, 0.1) is 5.33 Å². The Morgan fingerprint density at radius 3 is 2.66 bits per heavy atom. The predicted molar refractivity (Wildman–Crippen MR) is 113 cm³/mol. The van der Waals surface area contributed by atoms with Crippen LogP contribution in [-0.4, -0.2) is 58.9 Å². The SMILES string of the molecule is CC(C)(C)OC(=O)N1CCCN(c2ccc3cc(C(=O)CBr)c(=O)oc3n2)CC1. The number of hydrogen-bond donors (Lipinski definition) is 0. The summed E-state index contributed by atoms with van der Waals surface area (Å²) in [5, 5.41) is 0.638. The minimum Gasteiger partial charge on any atom is -0.444 e. The van der Waals surface area contributed by atoms with Crippen LogP contribution in [0.4, 0.5) is 10.6 Å². The molecular weight excluding hydrogens is 442 g/mol. The Hall–Kier alpha value is -2.42. The number of pyridine rings is 1. The number of alkyl halides is 1. The lowest BCUT2D eigenvalue weighted by atomic mass is 10.2. The summed E-state index contributed by atoms with van der Waals surface area (Å²) in [6.07, 6.45) is 0.447. The molecule has 9 heteroatoms. The third kappa shape index (κ3) is 5.14. The number of anilines is 1. The molecule has 0 atom stereocenters. The molecule has 3 heterocycles. The molecule has 1 fully saturated rings. The van der Waals surface area contributed by atoms with Crippen molar-refractivity contribution in [1.29, 1.82) is 0 Å². The van der Waals surface area contributed by atoms with Crippen molar-refractivity contribution in [2.75, 3.05) is 36.4 Å². The highest BCUT2D eigenvalue weighted by molar-refractivity contribution is 9.09. The minimum atomic E-state index is -0.696. The Kier molecular flexibility index (Phi) is 6.26. The normalized spacial score (nSPS) is 15.3. The lowest BCUT2D eigenvalue weighted by molar-refractivity contribution is 0.0263. The Labute approximate surface area is 176 Å². The van der Waals surface area contributed by atoms with Crippen LogP contribution in [0.25, 0.3) is 11.1 Å². The fraction of sp³-hybridized carbons (Fsp3) is 0.500. The maximum Gasteiger partial charge on any atom is 0.410 e. The van der Waals surface area contributed by atoms with Crippen LogP contribution in [-0.2, 0) is 4.74 Å². The fourth-order valence-electron chi connectivity index (χ4n) is 3.09. The minimum absolute atomic E-state index is 0.00620. The van der Waals surface area contributed by atoms with E-state index in [2.05, 4.69) is 20.9 Å². The van der Waals surface area contributed by atoms with Crippen molar-refractivity contribution in [3.8, 4) is 0 Å². The van der Waals surface area contributed by atoms with Gasteiger partial charge in [0.25, 0.3) is 0 Å². The van der Waals surface area contributed by atoms with E-state index in [4.69, 9.17) is 9.15 Å². The Bertz CT molecular complexity index is 982. The Balaban J connectivity index is 1.78. The van der Waals surface area contributed by atoms with Crippen LogP contribution >= 0.6 is 15.9 Å². The van der Waals surface area contributed by atoms with Gasteiger partial charge in [-0.15, -0.1) is 0 Å². The second kappa shape index (κ2) is 8.52. The van der Waals surface area contributed by atoms with Crippen molar-refractivity contribution in [1.82, 2.24) is 9.88 Å². The molecule has 0 unspecified atom stereocenters. The van der Waals surface area contributed by atoms with E-state index in [0.29, 0.717) is 37.4 Å². The van der Waals surface area contributed by atoms with Crippen molar-refractivity contribution < 1.29 is 18.7 Å². The summed E-state index contributed by atoms with van der Waals surface area (Å²) in [5.74, 6) is 0.325. The largest absolute Gasteiger partial charge is 0.444 e. The molecule has 2 aromatic heterocycles. The molecular formula is C20H24BrN3O5. The molecule has 0 saturated carbocycles. The monoisotopic (exact) mass is 465 g/mol. The molecule has 2 aromatic rings. The topological polar surface area (TPSA) is 93.0 Å². The van der Waals surface area contributed by atoms with Gasteiger partial charge in [-0.05, 0) is 45.4 Å². The van der Waals surface area contributed by atoms with Gasteiger partial charge in [-0.2, -0.15) is 4.98 Å². The zero-order valence-electron chi connectivity index (χ0n) is 16.7. The van der Waals surface area contributed by atoms with Crippen molar-refractivity contribution in [2.45, 2.75) is 32.8 Å². The number of ketones is 1. The van der Waals surface area contributed by atoms with Gasteiger partial charge in [-0.25, -0.2) is 9.59 Å². The number of aromatic nitrogens is 1. The smallest absolute Gasteiger partial charge is 0.410 e. The van der Waals surface area contributed by atoms with E-state index in [1.165, 1.54) is 6.07 Å². The van der Waals surface area contributed by atoms with Gasteiger partial charge in [-0.1, -0.05) is 15.9 Å². The first-order valence-corrected chi connectivity index (χ1v) is 10.6. The summed E-state index contributed by atoms with van der Waals surface area (Å²) >= 11 is 3.06. The molecule has 29 heavy (non-hydrogen) atoms. The fourth-order valence-corrected chi connectivity index (χ4v) is 3.39. The van der Waals surface area contributed by atoms with Crippen LogP contribution < -0.4 is 10.5 Å². The maximum atomic E-state index is 12.3. The van der Waals surface area contributed by atoms with Gasteiger partial charge in [-0.3, -0.25) is 4.79 Å². The van der Waals surface area contributed by atoms with Crippen LogP contribution in [0.3, 0.4) is 0 Å². The highest BCUT2D eigenvalue weighted by Gasteiger charge is 2.25. The number of carbonyl (C=O) groups excluding carboxylic acids is 2. The van der Waals surface area contributed by atoms with E-state index in [1.54, 1.807) is 11.0 Å². The Morgan fingerprint density at radius 1 is 1.21 bits per heavy atom. The lowest BCUT2D eigenvalue weighted by Gasteiger charge is -2.26. The van der Waals surface area contributed by atoms with E-state index in [-0.39, 0.29) is 28.5 Å². The van der Waals surface area contributed by atoms with Gasteiger partial charge >= 0.3 is 11.7 Å². The summed E-state index contributed by atoms with van der Waals surface area (Å²) in [4.78, 5) is 44.4. The first-order chi connectivity index (χ1) is 13.7. The number of halogens is 1. The van der Waals surface area contributed by atoms with E-state index >= 15 is 0 Å². The molecule has 1 saturated heterocycles. The molecule has 1 amide bonds. The van der Waals surface area contributed by atoms with Gasteiger partial charge in [0.15, 0.2) is 5.78 Å². The maximum absolute atomic E-state index is 12.3. The molecule has 1 aliphatic heterocycles. The number of fused-ring (bicyclic) bond motifs is 1. The number of ether oxygens (including phenoxy) is 1. The standard InChI is InChI=1S/C20H24BrN3O5/c1-20(2,3)29-19(27)24-8-4-7-23(9-10-24)16-6-5-13-11-14(15(25)12-21)18(26)28-17(13)22-16/h5-6,11H,4,7-10,12H2,1-3H3. The van der Waals surface area contributed by atoms with Gasteiger partial charge in [0, 0.05) is 31.6 Å². The van der Waals surface area contributed by atoms with Crippen molar-refractivity contribution in [3.63, 3.8) is 0 Å². The zero-order chi connectivity index (χ0) is 21.2. The Morgan fingerprint density at radius 2 is 1.97 bits per heavy atom. The number of carbonyl (C=O) groups is 2. The summed E-state index contributed by atoms with van der Waals surface area (Å²) in [6.45, 7) is 7.95. The molecule has 8 nitrogen and oxygen atoms in total. The van der Waals surface area contributed by atoms with Crippen molar-refractivity contribution in [3.05, 3.63) is 34.2 Å². The van der Waals surface area contributed by atoms with Crippen LogP contribution in [0.2, 0.25) is 0 Å². The zero-order valence-corrected chi connectivity index (χ0v) is 18.3. The van der Waals surface area contributed by atoms with E-state index in [1.807, 2.05) is 31.7 Å². The van der Waals surface area contributed by atoms with Crippen molar-refractivity contribution in [2.24, 2.45) is 0 Å². The second-order valence-electron chi connectivity index (χ2n) is 7.88. The molecule has 0 aromatic carbocycles. The number of nitrogens with zero attached hydrogens (tertiary/aromatic N) is 3. The summed E-state index contributed by atoms with van der Waals surface area (Å²) in [5.41, 5.74) is -1.03. The molecule has 3 rings (SSSR count). The highest BCUT2D eigenvalue weighted by Crippen LogP contribution is 2.20. The van der Waals surface area contributed by atoms with Crippen LogP contribution in [0.15, 0.2) is 27.4 Å². The molecule has 1 aliphatic rings. The van der Waals surface area contributed by atoms with E-state index < -0.39 is 11.2 Å². The number of rotatable bonds is 3. The van der Waals surface area contributed by atoms with Gasteiger partial charge in [0.1, 0.15) is 17.0 Å². The third-order valence-electron chi connectivity index (χ3n) is 4.48. The van der Waals surface area contributed by atoms with Crippen molar-refractivity contribution >= 4 is 44.7 Å². The van der Waals surface area contributed by atoms with E-state index in [0.717, 1.165) is 6.42 Å². The molecule has 0 spiro atoms. The average Bonchev–Trinajstić information content (AvgIpc) is 2.91. The van der Waals surface area contributed by atoms with E-state index in [9.17, 15) is 14.4 Å². The molecule has 0 bridgehead atoms. The molecule has 0 radical (unpaired) electrons. The highest BCUT2D eigenvalue weighted by atomic mass is 79.9. The molecule has 0 aliphatic carbocycles. The van der Waals surface area contributed by atoms with Gasteiger partial charge in [0.2, 0.25) is 5.71 Å². The lowest BCUT2D eigenvalue weighted by Crippen LogP contribution is -2.39. The molecule has 0 N–H and O–H groups in total. The number of hydrogen-bond acceptors (Lipinski definition) is 7. The van der Waals surface area contributed by atoms with Crippen LogP contribution in [0.1, 0.15) is 37.6 Å². The van der Waals surface area contributed by atoms with Gasteiger partial charge < -0.3 is 19.0 Å². The molecule has 156 valence electrons. The number of Topliss-reactive ketones (excluding diaryl/α,β-unsaturated/α-hetero) is 1. The third-order valence-corrected chi connectivity index (χ3v) is 4.99. The first kappa shape index (κ1) is 21.3. The summed E-state index contributed by atoms with van der Waals surface area (Å²) in [6, 6.07) is 5.12. The second-order valence-corrected chi connectivity index (χ2v) is 8.44. The quantitative estimate of drug-likeness (QED) is 0.507. The van der Waals surface area contributed by atoms with Crippen LogP contribution in [0, 0.1) is 0 Å². The predicted octanol–water partition coefficient (Wildman–Crippen LogP) is 3.21. The summed E-state index contributed by atoms with van der Waals surface area (Å²) < 4.78 is 10.7. The summed E-state index contributed by atoms with van der Waals surface area (Å²) in [7, 11) is 0. The first-order valence-electron chi connectivity index (χ1n) is 9.45. The average molecular weight is 466 g/mol.